The fraction of sp³-hybridized carbons (Fsp3) is 0.348. The SMILES string of the molecule is c1ccc2c(c1)CC(Nc1cc(-c3ncc(N4CCC(c5cn[nH]n5)CC4)[nH]3)cnn1)C2. The van der Waals surface area contributed by atoms with Crippen LogP contribution in [0.15, 0.2) is 48.9 Å². The average molecular weight is 428 g/mol. The maximum absolute atomic E-state index is 4.62. The molecule has 1 aliphatic carbocycles. The number of aromatic nitrogens is 7. The number of H-pyrrole nitrogens is 2. The molecular weight excluding hydrogens is 402 g/mol. The summed E-state index contributed by atoms with van der Waals surface area (Å²) >= 11 is 0. The molecule has 0 spiro atoms. The van der Waals surface area contributed by atoms with Crippen LogP contribution in [-0.2, 0) is 12.8 Å². The van der Waals surface area contributed by atoms with Gasteiger partial charge in [0.05, 0.1) is 24.3 Å². The van der Waals surface area contributed by atoms with Gasteiger partial charge in [-0.3, -0.25) is 0 Å². The lowest BCUT2D eigenvalue weighted by molar-refractivity contribution is 0.493. The molecule has 1 aromatic carbocycles. The van der Waals surface area contributed by atoms with Crippen LogP contribution in [0.25, 0.3) is 11.4 Å². The summed E-state index contributed by atoms with van der Waals surface area (Å²) in [4.78, 5) is 10.4. The van der Waals surface area contributed by atoms with Gasteiger partial charge >= 0.3 is 0 Å². The highest BCUT2D eigenvalue weighted by Gasteiger charge is 2.24. The first-order valence-corrected chi connectivity index (χ1v) is 11.1. The van der Waals surface area contributed by atoms with Crippen LogP contribution in [0.2, 0.25) is 0 Å². The van der Waals surface area contributed by atoms with Crippen molar-refractivity contribution in [2.45, 2.75) is 37.6 Å². The second kappa shape index (κ2) is 8.07. The monoisotopic (exact) mass is 427 g/mol. The molecule has 0 atom stereocenters. The molecule has 1 saturated heterocycles. The van der Waals surface area contributed by atoms with Gasteiger partial charge in [0.2, 0.25) is 0 Å². The summed E-state index contributed by atoms with van der Waals surface area (Å²) in [7, 11) is 0. The number of nitrogens with one attached hydrogen (secondary N) is 3. The molecule has 1 fully saturated rings. The van der Waals surface area contributed by atoms with Gasteiger partial charge < -0.3 is 15.2 Å². The second-order valence-electron chi connectivity index (χ2n) is 8.62. The van der Waals surface area contributed by atoms with Crippen molar-refractivity contribution in [2.75, 3.05) is 23.3 Å². The first-order chi connectivity index (χ1) is 15.8. The maximum atomic E-state index is 4.62. The van der Waals surface area contributed by atoms with Crippen molar-refractivity contribution >= 4 is 11.6 Å². The molecule has 4 heterocycles. The number of piperidine rings is 1. The van der Waals surface area contributed by atoms with Gasteiger partial charge in [-0.1, -0.05) is 24.3 Å². The predicted molar refractivity (Wildman–Crippen MR) is 121 cm³/mol. The Morgan fingerprint density at radius 2 is 1.81 bits per heavy atom. The quantitative estimate of drug-likeness (QED) is 0.449. The molecule has 0 radical (unpaired) electrons. The van der Waals surface area contributed by atoms with Gasteiger partial charge in [0.25, 0.3) is 0 Å². The molecule has 0 amide bonds. The highest BCUT2D eigenvalue weighted by atomic mass is 15.3. The Labute approximate surface area is 185 Å². The van der Waals surface area contributed by atoms with E-state index in [-0.39, 0.29) is 0 Å². The van der Waals surface area contributed by atoms with E-state index < -0.39 is 0 Å². The van der Waals surface area contributed by atoms with Gasteiger partial charge in [-0.2, -0.15) is 20.5 Å². The van der Waals surface area contributed by atoms with E-state index in [0.717, 1.165) is 67.5 Å². The average Bonchev–Trinajstić information content (AvgIpc) is 3.60. The van der Waals surface area contributed by atoms with Crippen molar-refractivity contribution < 1.29 is 0 Å². The number of imidazole rings is 1. The number of aromatic amines is 2. The molecule has 4 aromatic rings. The Kier molecular flexibility index (Phi) is 4.78. The second-order valence-corrected chi connectivity index (χ2v) is 8.62. The fourth-order valence-electron chi connectivity index (χ4n) is 4.88. The first-order valence-electron chi connectivity index (χ1n) is 11.1. The largest absolute Gasteiger partial charge is 0.365 e. The van der Waals surface area contributed by atoms with Crippen LogP contribution in [0.4, 0.5) is 11.6 Å². The number of rotatable bonds is 5. The number of nitrogens with zero attached hydrogens (tertiary/aromatic N) is 6. The van der Waals surface area contributed by atoms with Crippen molar-refractivity contribution in [3.05, 3.63) is 65.7 Å². The van der Waals surface area contributed by atoms with Gasteiger partial charge in [-0.25, -0.2) is 4.98 Å². The summed E-state index contributed by atoms with van der Waals surface area (Å²) < 4.78 is 0. The molecule has 6 rings (SSSR count). The molecule has 3 aromatic heterocycles. The van der Waals surface area contributed by atoms with Crippen LogP contribution in [0.3, 0.4) is 0 Å². The predicted octanol–water partition coefficient (Wildman–Crippen LogP) is 2.95. The zero-order valence-corrected chi connectivity index (χ0v) is 17.7. The van der Waals surface area contributed by atoms with E-state index in [4.69, 9.17) is 0 Å². The summed E-state index contributed by atoms with van der Waals surface area (Å²) in [6.45, 7) is 1.92. The minimum atomic E-state index is 0.343. The number of fused-ring (bicyclic) bond motifs is 1. The van der Waals surface area contributed by atoms with Gasteiger partial charge in [0.1, 0.15) is 17.5 Å². The molecule has 162 valence electrons. The zero-order valence-electron chi connectivity index (χ0n) is 17.7. The van der Waals surface area contributed by atoms with Crippen LogP contribution in [0.1, 0.15) is 35.6 Å². The minimum Gasteiger partial charge on any atom is -0.365 e. The minimum absolute atomic E-state index is 0.343. The van der Waals surface area contributed by atoms with Crippen LogP contribution in [0, 0.1) is 0 Å². The molecule has 1 aliphatic heterocycles. The topological polar surface area (TPSA) is 111 Å². The fourth-order valence-corrected chi connectivity index (χ4v) is 4.88. The summed E-state index contributed by atoms with van der Waals surface area (Å²) in [6, 6.07) is 11.0. The molecule has 0 unspecified atom stereocenters. The normalized spacial score (nSPS) is 16.9. The lowest BCUT2D eigenvalue weighted by atomic mass is 9.94. The van der Waals surface area contributed by atoms with E-state index >= 15 is 0 Å². The van der Waals surface area contributed by atoms with Crippen LogP contribution in [0.5, 0.6) is 0 Å². The summed E-state index contributed by atoms with van der Waals surface area (Å²) in [5.74, 6) is 3.10. The third-order valence-electron chi connectivity index (χ3n) is 6.58. The van der Waals surface area contributed by atoms with Crippen molar-refractivity contribution in [3.8, 4) is 11.4 Å². The van der Waals surface area contributed by atoms with Crippen LogP contribution < -0.4 is 10.2 Å². The van der Waals surface area contributed by atoms with Crippen molar-refractivity contribution in [3.63, 3.8) is 0 Å². The van der Waals surface area contributed by atoms with Crippen molar-refractivity contribution in [1.82, 2.24) is 35.6 Å². The van der Waals surface area contributed by atoms with E-state index in [2.05, 4.69) is 70.1 Å². The molecule has 32 heavy (non-hydrogen) atoms. The molecule has 9 nitrogen and oxygen atoms in total. The van der Waals surface area contributed by atoms with Gasteiger partial charge in [0.15, 0.2) is 0 Å². The Balaban J connectivity index is 1.11. The summed E-state index contributed by atoms with van der Waals surface area (Å²) in [6.07, 6.45) is 9.63. The third-order valence-corrected chi connectivity index (χ3v) is 6.58. The Morgan fingerprint density at radius 1 is 1.00 bits per heavy atom. The number of hydrogen-bond acceptors (Lipinski definition) is 7. The molecule has 0 bridgehead atoms. The Hall–Kier alpha value is -3.75. The lowest BCUT2D eigenvalue weighted by Gasteiger charge is -2.31. The molecule has 9 heteroatoms. The van der Waals surface area contributed by atoms with E-state index in [1.807, 2.05) is 18.5 Å². The number of anilines is 2. The van der Waals surface area contributed by atoms with Crippen molar-refractivity contribution in [2.24, 2.45) is 0 Å². The maximum Gasteiger partial charge on any atom is 0.149 e. The van der Waals surface area contributed by atoms with Gasteiger partial charge in [-0.15, -0.1) is 5.10 Å². The Bertz CT molecular complexity index is 1170. The third kappa shape index (κ3) is 3.70. The lowest BCUT2D eigenvalue weighted by Crippen LogP contribution is -2.33. The first kappa shape index (κ1) is 19.0. The molecule has 3 N–H and O–H groups in total. The zero-order chi connectivity index (χ0) is 21.3. The molecular formula is C23H25N9. The summed E-state index contributed by atoms with van der Waals surface area (Å²) in [5.41, 5.74) is 4.82. The van der Waals surface area contributed by atoms with Gasteiger partial charge in [0, 0.05) is 30.6 Å². The van der Waals surface area contributed by atoms with Crippen molar-refractivity contribution in [1.29, 1.82) is 0 Å². The number of hydrogen-bond donors (Lipinski definition) is 3. The van der Waals surface area contributed by atoms with Gasteiger partial charge in [-0.05, 0) is 42.9 Å². The van der Waals surface area contributed by atoms with E-state index in [0.29, 0.717) is 12.0 Å². The smallest absolute Gasteiger partial charge is 0.149 e. The van der Waals surface area contributed by atoms with Crippen LogP contribution >= 0.6 is 0 Å². The standard InChI is InChI=1S/C23H25N9/c1-2-4-17-10-19(9-16(17)3-1)27-21-11-18(12-25-30-21)23-24-14-22(28-23)32-7-5-15(6-8-32)20-13-26-31-29-20/h1-4,11-15,19H,5-10H2,(H,24,28)(H,27,30)(H,26,29,31). The molecule has 2 aliphatic rings. The van der Waals surface area contributed by atoms with E-state index in [1.54, 1.807) is 6.20 Å². The Morgan fingerprint density at radius 3 is 2.56 bits per heavy atom. The van der Waals surface area contributed by atoms with E-state index in [1.165, 1.54) is 11.1 Å². The number of benzene rings is 1. The van der Waals surface area contributed by atoms with Crippen LogP contribution in [-0.4, -0.2) is 54.7 Å². The highest BCUT2D eigenvalue weighted by Crippen LogP contribution is 2.30. The molecule has 0 saturated carbocycles. The van der Waals surface area contributed by atoms with E-state index in [9.17, 15) is 0 Å². The highest BCUT2D eigenvalue weighted by molar-refractivity contribution is 5.61. The summed E-state index contributed by atoms with van der Waals surface area (Å²) in [5, 5.41) is 23.0.